The standard InChI is InChI=1S/C17H20N2O4/c1-12(13-6-3-2-4-7-13)23-11-14(20)10-19-17(22)15-8-5-9-18-16(15)21/h2-9,12,14,20H,10-11H2,1H3,(H,18,21)(H,19,22)/t12-,14-/m1/s1. The van der Waals surface area contributed by atoms with Crippen LogP contribution in [0, 0.1) is 0 Å². The Labute approximate surface area is 134 Å². The lowest BCUT2D eigenvalue weighted by atomic mass is 10.1. The monoisotopic (exact) mass is 316 g/mol. The number of benzene rings is 1. The van der Waals surface area contributed by atoms with Crippen molar-refractivity contribution in [1.82, 2.24) is 10.3 Å². The molecule has 1 heterocycles. The summed E-state index contributed by atoms with van der Waals surface area (Å²) in [6.45, 7) is 1.99. The summed E-state index contributed by atoms with van der Waals surface area (Å²) in [4.78, 5) is 25.7. The van der Waals surface area contributed by atoms with Gasteiger partial charge in [0, 0.05) is 12.7 Å². The molecule has 0 radical (unpaired) electrons. The average molecular weight is 316 g/mol. The Morgan fingerprint density at radius 2 is 2.00 bits per heavy atom. The van der Waals surface area contributed by atoms with E-state index in [2.05, 4.69) is 10.3 Å². The van der Waals surface area contributed by atoms with Crippen LogP contribution in [-0.4, -0.2) is 35.3 Å². The number of aliphatic hydroxyl groups excluding tert-OH is 1. The normalized spacial score (nSPS) is 13.3. The van der Waals surface area contributed by atoms with E-state index in [1.807, 2.05) is 37.3 Å². The number of amides is 1. The minimum absolute atomic E-state index is 0.00861. The number of pyridine rings is 1. The zero-order valence-electron chi connectivity index (χ0n) is 12.9. The lowest BCUT2D eigenvalue weighted by molar-refractivity contribution is -0.00171. The predicted octanol–water partition coefficient (Wildman–Crippen LogP) is 1.24. The number of H-pyrrole nitrogens is 1. The first-order valence-corrected chi connectivity index (χ1v) is 7.38. The number of carbonyl (C=O) groups is 1. The van der Waals surface area contributed by atoms with E-state index < -0.39 is 17.6 Å². The van der Waals surface area contributed by atoms with Crippen molar-refractivity contribution in [1.29, 1.82) is 0 Å². The van der Waals surface area contributed by atoms with Gasteiger partial charge in [0.1, 0.15) is 5.56 Å². The second kappa shape index (κ2) is 8.26. The van der Waals surface area contributed by atoms with E-state index in [9.17, 15) is 14.7 Å². The first-order chi connectivity index (χ1) is 11.1. The maximum absolute atomic E-state index is 11.8. The lowest BCUT2D eigenvalue weighted by Crippen LogP contribution is -2.37. The highest BCUT2D eigenvalue weighted by molar-refractivity contribution is 5.93. The minimum Gasteiger partial charge on any atom is -0.389 e. The third kappa shape index (κ3) is 5.05. The molecule has 2 atom stereocenters. The van der Waals surface area contributed by atoms with Gasteiger partial charge >= 0.3 is 0 Å². The molecule has 0 aliphatic carbocycles. The molecule has 0 aliphatic heterocycles. The molecule has 1 aromatic carbocycles. The van der Waals surface area contributed by atoms with Crippen molar-refractivity contribution in [3.8, 4) is 0 Å². The van der Waals surface area contributed by atoms with Gasteiger partial charge in [-0.15, -0.1) is 0 Å². The van der Waals surface area contributed by atoms with Gasteiger partial charge in [0.25, 0.3) is 11.5 Å². The van der Waals surface area contributed by atoms with Crippen LogP contribution in [0.2, 0.25) is 0 Å². The topological polar surface area (TPSA) is 91.4 Å². The second-order valence-electron chi connectivity index (χ2n) is 5.16. The molecule has 0 fully saturated rings. The highest BCUT2D eigenvalue weighted by Gasteiger charge is 2.13. The van der Waals surface area contributed by atoms with Crippen molar-refractivity contribution in [2.24, 2.45) is 0 Å². The number of aliphatic hydroxyl groups is 1. The van der Waals surface area contributed by atoms with E-state index in [4.69, 9.17) is 4.74 Å². The van der Waals surface area contributed by atoms with Crippen molar-refractivity contribution in [3.05, 3.63) is 70.1 Å². The molecule has 1 amide bonds. The van der Waals surface area contributed by atoms with E-state index in [0.29, 0.717) is 0 Å². The molecule has 122 valence electrons. The maximum Gasteiger partial charge on any atom is 0.260 e. The van der Waals surface area contributed by atoms with Crippen molar-refractivity contribution >= 4 is 5.91 Å². The van der Waals surface area contributed by atoms with Crippen LogP contribution < -0.4 is 10.9 Å². The fraction of sp³-hybridized carbons (Fsp3) is 0.294. The second-order valence-corrected chi connectivity index (χ2v) is 5.16. The summed E-state index contributed by atoms with van der Waals surface area (Å²) >= 11 is 0. The average Bonchev–Trinajstić information content (AvgIpc) is 2.58. The van der Waals surface area contributed by atoms with E-state index in [-0.39, 0.29) is 24.8 Å². The number of aromatic nitrogens is 1. The van der Waals surface area contributed by atoms with E-state index >= 15 is 0 Å². The van der Waals surface area contributed by atoms with Crippen LogP contribution in [0.1, 0.15) is 28.9 Å². The molecule has 0 unspecified atom stereocenters. The van der Waals surface area contributed by atoms with Crippen LogP contribution in [-0.2, 0) is 4.74 Å². The van der Waals surface area contributed by atoms with Gasteiger partial charge in [-0.3, -0.25) is 9.59 Å². The van der Waals surface area contributed by atoms with Crippen LogP contribution >= 0.6 is 0 Å². The molecule has 1 aromatic heterocycles. The van der Waals surface area contributed by atoms with Gasteiger partial charge in [0.05, 0.1) is 18.8 Å². The van der Waals surface area contributed by atoms with Crippen LogP contribution in [0.15, 0.2) is 53.5 Å². The SMILES string of the molecule is C[C@@H](OC[C@H](O)CNC(=O)c1ccc[nH]c1=O)c1ccccc1. The summed E-state index contributed by atoms with van der Waals surface area (Å²) < 4.78 is 5.58. The highest BCUT2D eigenvalue weighted by atomic mass is 16.5. The number of ether oxygens (including phenoxy) is 1. The predicted molar refractivity (Wildman–Crippen MR) is 86.2 cm³/mol. The zero-order valence-corrected chi connectivity index (χ0v) is 12.9. The molecule has 23 heavy (non-hydrogen) atoms. The van der Waals surface area contributed by atoms with Crippen molar-refractivity contribution in [2.45, 2.75) is 19.1 Å². The summed E-state index contributed by atoms with van der Waals surface area (Å²) in [6.07, 6.45) is 0.443. The largest absolute Gasteiger partial charge is 0.389 e. The van der Waals surface area contributed by atoms with Crippen molar-refractivity contribution < 1.29 is 14.6 Å². The molecular weight excluding hydrogens is 296 g/mol. The minimum atomic E-state index is -0.854. The maximum atomic E-state index is 11.8. The van der Waals surface area contributed by atoms with E-state index in [1.165, 1.54) is 12.3 Å². The van der Waals surface area contributed by atoms with Crippen LogP contribution in [0.4, 0.5) is 0 Å². The zero-order chi connectivity index (χ0) is 16.7. The van der Waals surface area contributed by atoms with Gasteiger partial charge in [-0.1, -0.05) is 30.3 Å². The fourth-order valence-electron chi connectivity index (χ4n) is 2.04. The van der Waals surface area contributed by atoms with Gasteiger partial charge in [-0.2, -0.15) is 0 Å². The van der Waals surface area contributed by atoms with Crippen LogP contribution in [0.25, 0.3) is 0 Å². The number of nitrogens with one attached hydrogen (secondary N) is 2. The van der Waals surface area contributed by atoms with Crippen molar-refractivity contribution in [3.63, 3.8) is 0 Å². The highest BCUT2D eigenvalue weighted by Crippen LogP contribution is 2.15. The third-order valence-corrected chi connectivity index (χ3v) is 3.37. The first-order valence-electron chi connectivity index (χ1n) is 7.38. The number of rotatable bonds is 7. The van der Waals surface area contributed by atoms with Crippen molar-refractivity contribution in [2.75, 3.05) is 13.2 Å². The molecule has 0 saturated heterocycles. The van der Waals surface area contributed by atoms with E-state index in [0.717, 1.165) is 5.56 Å². The number of hydrogen-bond acceptors (Lipinski definition) is 4. The first kappa shape index (κ1) is 16.9. The summed E-state index contributed by atoms with van der Waals surface area (Å²) in [5, 5.41) is 12.4. The molecule has 0 saturated carbocycles. The number of carbonyl (C=O) groups excluding carboxylic acids is 1. The van der Waals surface area contributed by atoms with Crippen LogP contribution in [0.5, 0.6) is 0 Å². The molecule has 6 nitrogen and oxygen atoms in total. The molecule has 2 aromatic rings. The molecule has 3 N–H and O–H groups in total. The smallest absolute Gasteiger partial charge is 0.260 e. The molecule has 6 heteroatoms. The summed E-state index contributed by atoms with van der Waals surface area (Å²) in [5.41, 5.74) is 0.561. The Morgan fingerprint density at radius 1 is 1.26 bits per heavy atom. The Kier molecular flexibility index (Phi) is 6.08. The summed E-state index contributed by atoms with van der Waals surface area (Å²) in [5.74, 6) is -0.526. The van der Waals surface area contributed by atoms with Gasteiger partial charge in [0.15, 0.2) is 0 Å². The third-order valence-electron chi connectivity index (χ3n) is 3.37. The Morgan fingerprint density at radius 3 is 2.70 bits per heavy atom. The van der Waals surface area contributed by atoms with Gasteiger partial charge < -0.3 is 20.1 Å². The Hall–Kier alpha value is -2.44. The summed E-state index contributed by atoms with van der Waals surface area (Å²) in [6, 6.07) is 12.6. The molecule has 0 aliphatic rings. The Bertz CT molecular complexity index is 684. The fourth-order valence-corrected chi connectivity index (χ4v) is 2.04. The molecule has 0 spiro atoms. The molecular formula is C17H20N2O4. The molecule has 0 bridgehead atoms. The Balaban J connectivity index is 1.77. The van der Waals surface area contributed by atoms with Gasteiger partial charge in [-0.25, -0.2) is 0 Å². The van der Waals surface area contributed by atoms with E-state index in [1.54, 1.807) is 6.07 Å². The molecule has 2 rings (SSSR count). The van der Waals surface area contributed by atoms with Gasteiger partial charge in [-0.05, 0) is 24.6 Å². The number of hydrogen-bond donors (Lipinski definition) is 3. The van der Waals surface area contributed by atoms with Crippen LogP contribution in [0.3, 0.4) is 0 Å². The summed E-state index contributed by atoms with van der Waals surface area (Å²) in [7, 11) is 0. The quantitative estimate of drug-likeness (QED) is 0.717. The van der Waals surface area contributed by atoms with Gasteiger partial charge in [0.2, 0.25) is 0 Å². The lowest BCUT2D eigenvalue weighted by Gasteiger charge is -2.17. The number of aromatic amines is 1.